The number of aromatic nitrogens is 1. The Labute approximate surface area is 208 Å². The molecule has 0 N–H and O–H groups in total. The molecule has 3 heterocycles. The molecular weight excluding hydrogens is 490 g/mol. The van der Waals surface area contributed by atoms with E-state index in [4.69, 9.17) is 9.72 Å². The Morgan fingerprint density at radius 2 is 1.94 bits per heavy atom. The first kappa shape index (κ1) is 23.7. The van der Waals surface area contributed by atoms with Gasteiger partial charge in [-0.3, -0.25) is 9.69 Å². The molecule has 0 bridgehead atoms. The molecule has 2 fully saturated rings. The fourth-order valence-corrected chi connectivity index (χ4v) is 7.42. The van der Waals surface area contributed by atoms with Gasteiger partial charge in [0, 0.05) is 30.2 Å². The van der Waals surface area contributed by atoms with Gasteiger partial charge in [-0.05, 0) is 74.4 Å². The van der Waals surface area contributed by atoms with Crippen molar-refractivity contribution in [2.75, 3.05) is 37.4 Å². The highest BCUT2D eigenvalue weighted by atomic mass is 32.2. The van der Waals surface area contributed by atoms with Crippen molar-refractivity contribution in [2.24, 2.45) is 0 Å². The smallest absolute Gasteiger partial charge is 0.260 e. The largest absolute Gasteiger partial charge is 0.376 e. The summed E-state index contributed by atoms with van der Waals surface area (Å²) >= 11 is 3.16. The van der Waals surface area contributed by atoms with Crippen LogP contribution < -0.4 is 4.90 Å². The third-order valence-corrected chi connectivity index (χ3v) is 9.95. The van der Waals surface area contributed by atoms with Gasteiger partial charge in [0.25, 0.3) is 5.91 Å². The highest BCUT2D eigenvalue weighted by molar-refractivity contribution is 7.98. The van der Waals surface area contributed by atoms with E-state index in [1.165, 1.54) is 27.8 Å². The number of hydrogen-bond donors (Lipinski definition) is 0. The Morgan fingerprint density at radius 1 is 1.18 bits per heavy atom. The van der Waals surface area contributed by atoms with Crippen LogP contribution in [0, 0.1) is 0 Å². The summed E-state index contributed by atoms with van der Waals surface area (Å²) < 4.78 is 34.1. The molecule has 34 heavy (non-hydrogen) atoms. The lowest BCUT2D eigenvalue weighted by Gasteiger charge is -2.23. The van der Waals surface area contributed by atoms with Gasteiger partial charge in [-0.25, -0.2) is 13.4 Å². The van der Waals surface area contributed by atoms with Gasteiger partial charge in [0.2, 0.25) is 10.0 Å². The number of rotatable bonds is 7. The number of hydrogen-bond acceptors (Lipinski definition) is 7. The van der Waals surface area contributed by atoms with Crippen LogP contribution in [0.5, 0.6) is 0 Å². The second-order valence-electron chi connectivity index (χ2n) is 8.52. The summed E-state index contributed by atoms with van der Waals surface area (Å²) in [5, 5.41) is 0.627. The molecule has 1 atom stereocenters. The summed E-state index contributed by atoms with van der Waals surface area (Å²) in [5.41, 5.74) is 1.29. The maximum absolute atomic E-state index is 13.6. The average molecular weight is 518 g/mol. The minimum Gasteiger partial charge on any atom is -0.376 e. The van der Waals surface area contributed by atoms with Crippen molar-refractivity contribution in [1.82, 2.24) is 9.29 Å². The molecule has 1 aromatic heterocycles. The van der Waals surface area contributed by atoms with Crippen molar-refractivity contribution in [1.29, 1.82) is 0 Å². The van der Waals surface area contributed by atoms with Crippen molar-refractivity contribution < 1.29 is 17.9 Å². The molecule has 10 heteroatoms. The molecule has 3 aromatic rings. The van der Waals surface area contributed by atoms with E-state index in [1.54, 1.807) is 28.8 Å². The third kappa shape index (κ3) is 4.74. The van der Waals surface area contributed by atoms with Crippen molar-refractivity contribution in [3.63, 3.8) is 0 Å². The number of fused-ring (bicyclic) bond motifs is 1. The molecule has 5 rings (SSSR count). The first-order valence-electron chi connectivity index (χ1n) is 11.4. The Balaban J connectivity index is 1.44. The van der Waals surface area contributed by atoms with Crippen LogP contribution in [0.1, 0.15) is 36.0 Å². The Bertz CT molecular complexity index is 1280. The van der Waals surface area contributed by atoms with Crippen molar-refractivity contribution in [3.05, 3.63) is 48.0 Å². The molecule has 2 saturated heterocycles. The second kappa shape index (κ2) is 9.94. The Morgan fingerprint density at radius 3 is 2.62 bits per heavy atom. The van der Waals surface area contributed by atoms with E-state index in [9.17, 15) is 13.2 Å². The molecular formula is C24H27N3O4S3. The van der Waals surface area contributed by atoms with Crippen molar-refractivity contribution in [3.8, 4) is 0 Å². The fraction of sp³-hybridized carbons (Fsp3) is 0.417. The summed E-state index contributed by atoms with van der Waals surface area (Å²) in [5.74, 6) is -0.204. The number of sulfonamides is 1. The third-order valence-electron chi connectivity index (χ3n) is 6.27. The molecule has 7 nitrogen and oxygen atoms in total. The number of ether oxygens (including phenoxy) is 1. The van der Waals surface area contributed by atoms with Crippen LogP contribution in [0.15, 0.2) is 52.3 Å². The van der Waals surface area contributed by atoms with Crippen LogP contribution in [0.3, 0.4) is 0 Å². The highest BCUT2D eigenvalue weighted by Crippen LogP contribution is 2.33. The topological polar surface area (TPSA) is 79.8 Å². The Hall–Kier alpha value is -1.98. The monoisotopic (exact) mass is 517 g/mol. The zero-order valence-electron chi connectivity index (χ0n) is 19.0. The Kier molecular flexibility index (Phi) is 6.95. The number of carbonyl (C=O) groups is 1. The SMILES string of the molecule is CSc1ccc2nc(N(CC3CCCO3)C(=O)c3ccc(S(=O)(=O)N4CCCC4)cc3)sc2c1. The predicted molar refractivity (Wildman–Crippen MR) is 136 cm³/mol. The van der Waals surface area contributed by atoms with E-state index in [-0.39, 0.29) is 16.9 Å². The number of carbonyl (C=O) groups excluding carboxylic acids is 1. The molecule has 1 unspecified atom stereocenters. The quantitative estimate of drug-likeness (QED) is 0.425. The number of benzene rings is 2. The standard InChI is InChI=1S/C24H27N3O4S3/c1-32-19-8-11-21-22(15-19)33-24(25-21)27(16-18-5-4-14-31-18)23(28)17-6-9-20(10-7-17)34(29,30)26-12-2-3-13-26/h6-11,15,18H,2-5,12-14,16H2,1H3. The van der Waals surface area contributed by atoms with Crippen LogP contribution in [-0.2, 0) is 14.8 Å². The van der Waals surface area contributed by atoms with Crippen LogP contribution in [-0.4, -0.2) is 62.2 Å². The molecule has 180 valence electrons. The van der Waals surface area contributed by atoms with Crippen LogP contribution in [0.2, 0.25) is 0 Å². The van der Waals surface area contributed by atoms with Gasteiger partial charge in [-0.15, -0.1) is 11.8 Å². The van der Waals surface area contributed by atoms with Gasteiger partial charge in [0.05, 0.1) is 27.8 Å². The molecule has 2 aliphatic rings. The highest BCUT2D eigenvalue weighted by Gasteiger charge is 2.29. The summed E-state index contributed by atoms with van der Waals surface area (Å²) in [7, 11) is -3.52. The molecule has 0 aliphatic carbocycles. The van der Waals surface area contributed by atoms with E-state index in [0.29, 0.717) is 36.9 Å². The number of anilines is 1. The number of thiazole rings is 1. The van der Waals surface area contributed by atoms with Gasteiger partial charge >= 0.3 is 0 Å². The molecule has 1 amide bonds. The first-order valence-corrected chi connectivity index (χ1v) is 14.9. The predicted octanol–water partition coefficient (Wildman–Crippen LogP) is 4.63. The van der Waals surface area contributed by atoms with E-state index < -0.39 is 10.0 Å². The minimum atomic E-state index is -3.52. The van der Waals surface area contributed by atoms with E-state index >= 15 is 0 Å². The zero-order chi connectivity index (χ0) is 23.7. The average Bonchev–Trinajstić information content (AvgIpc) is 3.63. The fourth-order valence-electron chi connectivity index (χ4n) is 4.38. The summed E-state index contributed by atoms with van der Waals surface area (Å²) in [6.07, 6.45) is 5.64. The van der Waals surface area contributed by atoms with Crippen LogP contribution >= 0.6 is 23.1 Å². The van der Waals surface area contributed by atoms with Crippen LogP contribution in [0.25, 0.3) is 10.2 Å². The van der Waals surface area contributed by atoms with Crippen molar-refractivity contribution in [2.45, 2.75) is 41.6 Å². The lowest BCUT2D eigenvalue weighted by molar-refractivity contribution is 0.0917. The summed E-state index contributed by atoms with van der Waals surface area (Å²) in [6.45, 7) is 2.22. The zero-order valence-corrected chi connectivity index (χ0v) is 21.4. The number of nitrogens with zero attached hydrogens (tertiary/aromatic N) is 3. The number of amides is 1. The second-order valence-corrected chi connectivity index (χ2v) is 12.3. The van der Waals surface area contributed by atoms with Gasteiger partial charge in [0.15, 0.2) is 5.13 Å². The molecule has 0 radical (unpaired) electrons. The summed E-state index contributed by atoms with van der Waals surface area (Å²) in [6, 6.07) is 12.4. The van der Waals surface area contributed by atoms with Gasteiger partial charge in [-0.2, -0.15) is 4.31 Å². The normalized spacial score (nSPS) is 19.1. The van der Waals surface area contributed by atoms with Gasteiger partial charge < -0.3 is 4.74 Å². The van der Waals surface area contributed by atoms with E-state index in [0.717, 1.165) is 40.8 Å². The van der Waals surface area contributed by atoms with Gasteiger partial charge in [0.1, 0.15) is 0 Å². The molecule has 2 aromatic carbocycles. The minimum absolute atomic E-state index is 0.0347. The van der Waals surface area contributed by atoms with Crippen molar-refractivity contribution >= 4 is 54.4 Å². The molecule has 0 spiro atoms. The van der Waals surface area contributed by atoms with E-state index in [1.807, 2.05) is 18.4 Å². The van der Waals surface area contributed by atoms with Crippen LogP contribution in [0.4, 0.5) is 5.13 Å². The lowest BCUT2D eigenvalue weighted by Crippen LogP contribution is -2.37. The molecule has 0 saturated carbocycles. The maximum atomic E-state index is 13.6. The van der Waals surface area contributed by atoms with E-state index in [2.05, 4.69) is 6.07 Å². The van der Waals surface area contributed by atoms with Gasteiger partial charge in [-0.1, -0.05) is 11.3 Å². The summed E-state index contributed by atoms with van der Waals surface area (Å²) in [4.78, 5) is 21.4. The maximum Gasteiger partial charge on any atom is 0.260 e. The lowest BCUT2D eigenvalue weighted by atomic mass is 10.2. The first-order chi connectivity index (χ1) is 16.5. The molecule has 2 aliphatic heterocycles. The number of thioether (sulfide) groups is 1.